The molecule has 2 aromatic rings. The van der Waals surface area contributed by atoms with Gasteiger partial charge in [-0.05, 0) is 23.9 Å². The molecule has 0 radical (unpaired) electrons. The molecule has 18 heavy (non-hydrogen) atoms. The molecular formula is C8H4ClF3N2O2S2. The van der Waals surface area contributed by atoms with Crippen LogP contribution in [0, 0.1) is 0 Å². The second kappa shape index (κ2) is 4.32. The summed E-state index contributed by atoms with van der Waals surface area (Å²) in [6.07, 6.45) is 1.18. The molecule has 0 saturated heterocycles. The normalized spacial score (nSPS) is 13.1. The molecule has 0 unspecified atom stereocenters. The third-order valence-electron chi connectivity index (χ3n) is 1.96. The quantitative estimate of drug-likeness (QED) is 0.683. The van der Waals surface area contributed by atoms with Gasteiger partial charge in [0.05, 0.1) is 11.8 Å². The van der Waals surface area contributed by atoms with Crippen molar-refractivity contribution in [3.63, 3.8) is 0 Å². The van der Waals surface area contributed by atoms with E-state index in [0.29, 0.717) is 0 Å². The Morgan fingerprint density at radius 3 is 2.56 bits per heavy atom. The van der Waals surface area contributed by atoms with Crippen LogP contribution in [0.3, 0.4) is 0 Å². The average molecular weight is 317 g/mol. The number of nitrogens with zero attached hydrogens (tertiary/aromatic N) is 1. The van der Waals surface area contributed by atoms with Gasteiger partial charge in [-0.1, -0.05) is 0 Å². The molecule has 1 aromatic heterocycles. The van der Waals surface area contributed by atoms with E-state index >= 15 is 0 Å². The maximum Gasteiger partial charge on any atom is 0.446 e. The van der Waals surface area contributed by atoms with Crippen molar-refractivity contribution in [3.8, 4) is 0 Å². The van der Waals surface area contributed by atoms with Crippen LogP contribution in [-0.2, 0) is 9.05 Å². The summed E-state index contributed by atoms with van der Waals surface area (Å²) >= 11 is -0.422. The number of halogens is 4. The molecule has 0 saturated carbocycles. The second-order valence-electron chi connectivity index (χ2n) is 3.21. The Morgan fingerprint density at radius 2 is 2.00 bits per heavy atom. The van der Waals surface area contributed by atoms with Crippen LogP contribution in [0.2, 0.25) is 0 Å². The van der Waals surface area contributed by atoms with E-state index in [-0.39, 0.29) is 15.9 Å². The van der Waals surface area contributed by atoms with Crippen LogP contribution in [0.5, 0.6) is 0 Å². The fourth-order valence-corrected chi connectivity index (χ4v) is 3.08. The number of hydrogen-bond donors (Lipinski definition) is 1. The molecule has 0 fully saturated rings. The molecule has 1 heterocycles. The number of aromatic nitrogens is 2. The number of nitrogens with one attached hydrogen (secondary N) is 1. The summed E-state index contributed by atoms with van der Waals surface area (Å²) in [5.74, 6) is 0. The average Bonchev–Trinajstić information content (AvgIpc) is 2.59. The summed E-state index contributed by atoms with van der Waals surface area (Å²) < 4.78 is 59.3. The van der Waals surface area contributed by atoms with Gasteiger partial charge in [0.15, 0.2) is 0 Å². The van der Waals surface area contributed by atoms with E-state index in [9.17, 15) is 21.6 Å². The van der Waals surface area contributed by atoms with Crippen LogP contribution >= 0.6 is 22.4 Å². The van der Waals surface area contributed by atoms with Crippen molar-refractivity contribution in [1.82, 2.24) is 9.97 Å². The molecule has 4 nitrogen and oxygen atoms in total. The first-order valence-corrected chi connectivity index (χ1v) is 7.47. The molecule has 0 aliphatic carbocycles. The van der Waals surface area contributed by atoms with Gasteiger partial charge in [0.1, 0.15) is 10.4 Å². The highest BCUT2D eigenvalue weighted by Crippen LogP contribution is 2.39. The zero-order valence-corrected chi connectivity index (χ0v) is 10.7. The standard InChI is InChI=1S/C8H4ClF3N2O2S2/c9-18(15,16)6-2-4(17-8(10,11)12)1-5-7(6)14-3-13-5/h1-3H,(H,13,14). The first kappa shape index (κ1) is 13.5. The summed E-state index contributed by atoms with van der Waals surface area (Å²) in [5.41, 5.74) is -4.33. The van der Waals surface area contributed by atoms with E-state index in [1.54, 1.807) is 0 Å². The molecule has 0 bridgehead atoms. The zero-order valence-electron chi connectivity index (χ0n) is 8.32. The molecule has 0 aliphatic rings. The number of hydrogen-bond acceptors (Lipinski definition) is 4. The maximum absolute atomic E-state index is 12.3. The smallest absolute Gasteiger partial charge is 0.345 e. The van der Waals surface area contributed by atoms with Gasteiger partial charge in [-0.15, -0.1) is 0 Å². The minimum absolute atomic E-state index is 0.0107. The molecule has 0 spiro atoms. The van der Waals surface area contributed by atoms with Gasteiger partial charge < -0.3 is 4.98 Å². The highest BCUT2D eigenvalue weighted by Gasteiger charge is 2.30. The third kappa shape index (κ3) is 2.90. The van der Waals surface area contributed by atoms with Crippen molar-refractivity contribution in [2.24, 2.45) is 0 Å². The molecule has 0 atom stereocenters. The number of H-pyrrole nitrogens is 1. The molecular weight excluding hydrogens is 313 g/mol. The first-order valence-electron chi connectivity index (χ1n) is 4.34. The lowest BCUT2D eigenvalue weighted by molar-refractivity contribution is -0.0328. The minimum Gasteiger partial charge on any atom is -0.345 e. The molecule has 1 N–H and O–H groups in total. The topological polar surface area (TPSA) is 62.8 Å². The van der Waals surface area contributed by atoms with E-state index in [4.69, 9.17) is 10.7 Å². The van der Waals surface area contributed by atoms with Gasteiger partial charge in [-0.2, -0.15) is 13.2 Å². The van der Waals surface area contributed by atoms with Gasteiger partial charge in [0, 0.05) is 15.6 Å². The molecule has 1 aromatic carbocycles. The summed E-state index contributed by atoms with van der Waals surface area (Å²) in [6, 6.07) is 2.01. The number of imidazole rings is 1. The van der Waals surface area contributed by atoms with Crippen LogP contribution in [0.25, 0.3) is 11.0 Å². The SMILES string of the molecule is O=S(=O)(Cl)c1cc(SC(F)(F)F)cc2[nH]cnc12. The lowest BCUT2D eigenvalue weighted by Gasteiger charge is -2.07. The monoisotopic (exact) mass is 316 g/mol. The van der Waals surface area contributed by atoms with Gasteiger partial charge in [0.25, 0.3) is 9.05 Å². The molecule has 98 valence electrons. The Labute approximate surface area is 108 Å². The van der Waals surface area contributed by atoms with Crippen molar-refractivity contribution in [1.29, 1.82) is 0 Å². The number of alkyl halides is 3. The van der Waals surface area contributed by atoms with Crippen molar-refractivity contribution < 1.29 is 21.6 Å². The number of benzene rings is 1. The summed E-state index contributed by atoms with van der Waals surface area (Å²) in [5, 5.41) is 0. The lowest BCUT2D eigenvalue weighted by atomic mass is 10.3. The Bertz CT molecular complexity index is 696. The van der Waals surface area contributed by atoms with Crippen LogP contribution in [-0.4, -0.2) is 23.9 Å². The fourth-order valence-electron chi connectivity index (χ4n) is 1.37. The van der Waals surface area contributed by atoms with Crippen LogP contribution < -0.4 is 0 Å². The minimum atomic E-state index is -4.51. The largest absolute Gasteiger partial charge is 0.446 e. The van der Waals surface area contributed by atoms with Gasteiger partial charge in [0.2, 0.25) is 0 Å². The Hall–Kier alpha value is -0.930. The maximum atomic E-state index is 12.3. The Kier molecular flexibility index (Phi) is 3.24. The Morgan fingerprint density at radius 1 is 1.33 bits per heavy atom. The van der Waals surface area contributed by atoms with Crippen LogP contribution in [0.1, 0.15) is 0 Å². The molecule has 2 rings (SSSR count). The van der Waals surface area contributed by atoms with Gasteiger partial charge >= 0.3 is 5.51 Å². The molecule has 10 heteroatoms. The van der Waals surface area contributed by atoms with Gasteiger partial charge in [-0.3, -0.25) is 0 Å². The van der Waals surface area contributed by atoms with Crippen molar-refractivity contribution in [3.05, 3.63) is 18.5 Å². The highest BCUT2D eigenvalue weighted by atomic mass is 35.7. The number of fused-ring (bicyclic) bond motifs is 1. The predicted octanol–water partition coefficient (Wildman–Crippen LogP) is 3.10. The van der Waals surface area contributed by atoms with Crippen LogP contribution in [0.15, 0.2) is 28.3 Å². The highest BCUT2D eigenvalue weighted by molar-refractivity contribution is 8.14. The van der Waals surface area contributed by atoms with E-state index in [1.807, 2.05) is 0 Å². The second-order valence-corrected chi connectivity index (χ2v) is 6.88. The van der Waals surface area contributed by atoms with E-state index < -0.39 is 31.2 Å². The van der Waals surface area contributed by atoms with Crippen LogP contribution in [0.4, 0.5) is 13.2 Å². The van der Waals surface area contributed by atoms with E-state index in [1.165, 1.54) is 6.33 Å². The molecule has 0 aliphatic heterocycles. The number of rotatable bonds is 2. The van der Waals surface area contributed by atoms with E-state index in [2.05, 4.69) is 9.97 Å². The summed E-state index contributed by atoms with van der Waals surface area (Å²) in [7, 11) is 0.997. The van der Waals surface area contributed by atoms with Gasteiger partial charge in [-0.25, -0.2) is 13.4 Å². The zero-order chi connectivity index (χ0) is 13.6. The van der Waals surface area contributed by atoms with Crippen molar-refractivity contribution in [2.45, 2.75) is 15.3 Å². The van der Waals surface area contributed by atoms with Crippen molar-refractivity contribution >= 4 is 42.5 Å². The number of thioether (sulfide) groups is 1. The lowest BCUT2D eigenvalue weighted by Crippen LogP contribution is -2.00. The predicted molar refractivity (Wildman–Crippen MR) is 61.0 cm³/mol. The third-order valence-corrected chi connectivity index (χ3v) is 4.00. The summed E-state index contributed by atoms with van der Waals surface area (Å²) in [4.78, 5) is 5.53. The van der Waals surface area contributed by atoms with Crippen molar-refractivity contribution in [2.75, 3.05) is 0 Å². The van der Waals surface area contributed by atoms with E-state index in [0.717, 1.165) is 12.1 Å². The summed E-state index contributed by atoms with van der Waals surface area (Å²) in [6.45, 7) is 0. The molecule has 0 amide bonds. The number of aromatic amines is 1. The Balaban J connectivity index is 2.65. The first-order chi connectivity index (χ1) is 8.17. The fraction of sp³-hybridized carbons (Fsp3) is 0.125.